The van der Waals surface area contributed by atoms with Crippen LogP contribution in [0.3, 0.4) is 0 Å². The van der Waals surface area contributed by atoms with Gasteiger partial charge < -0.3 is 0 Å². The summed E-state index contributed by atoms with van der Waals surface area (Å²) in [7, 11) is 0. The van der Waals surface area contributed by atoms with Crippen molar-refractivity contribution in [1.82, 2.24) is 14.8 Å². The van der Waals surface area contributed by atoms with Gasteiger partial charge in [0.1, 0.15) is 11.6 Å². The van der Waals surface area contributed by atoms with E-state index in [1.54, 1.807) is 41.0 Å². The van der Waals surface area contributed by atoms with E-state index in [-0.39, 0.29) is 11.5 Å². The highest BCUT2D eigenvalue weighted by molar-refractivity contribution is 7.99. The molecule has 7 heteroatoms. The number of benzene rings is 2. The van der Waals surface area contributed by atoms with Crippen LogP contribution in [0, 0.1) is 5.82 Å². The molecule has 0 radical (unpaired) electrons. The molecule has 0 saturated carbocycles. The largest absolute Gasteiger partial charge is 0.299 e. The molecule has 0 bridgehead atoms. The number of aromatic nitrogens is 3. The number of hydrogen-bond acceptors (Lipinski definition) is 4. The molecule has 0 saturated heterocycles. The molecule has 4 nitrogen and oxygen atoms in total. The van der Waals surface area contributed by atoms with Crippen LogP contribution in [0.15, 0.2) is 53.7 Å². The van der Waals surface area contributed by atoms with Crippen molar-refractivity contribution >= 4 is 29.1 Å². The highest BCUT2D eigenvalue weighted by Gasteiger charge is 2.20. The summed E-state index contributed by atoms with van der Waals surface area (Å²) in [5.41, 5.74) is 0.952. The third kappa shape index (κ3) is 3.34. The van der Waals surface area contributed by atoms with Gasteiger partial charge in [0.2, 0.25) is 0 Å². The normalized spacial score (nSPS) is 10.8. The van der Waals surface area contributed by atoms with Gasteiger partial charge in [-0.1, -0.05) is 47.6 Å². The summed E-state index contributed by atoms with van der Waals surface area (Å²) in [5, 5.41) is 9.22. The zero-order chi connectivity index (χ0) is 17.1. The van der Waals surface area contributed by atoms with E-state index in [4.69, 9.17) is 11.6 Å². The molecule has 122 valence electrons. The molecule has 0 aliphatic heterocycles. The van der Waals surface area contributed by atoms with Crippen molar-refractivity contribution in [2.45, 2.75) is 12.1 Å². The van der Waals surface area contributed by atoms with Gasteiger partial charge in [0.15, 0.2) is 11.0 Å². The van der Waals surface area contributed by atoms with Gasteiger partial charge in [-0.05, 0) is 31.2 Å². The smallest absolute Gasteiger partial charge is 0.196 e. The molecule has 0 N–H and O–H groups in total. The number of rotatable bonds is 5. The number of halogens is 2. The van der Waals surface area contributed by atoms with Gasteiger partial charge in [-0.2, -0.15) is 0 Å². The fourth-order valence-electron chi connectivity index (χ4n) is 2.20. The van der Waals surface area contributed by atoms with Gasteiger partial charge in [0, 0.05) is 5.56 Å². The molecule has 1 aromatic heterocycles. The number of thioether (sulfide) groups is 1. The van der Waals surface area contributed by atoms with Crippen LogP contribution in [0.2, 0.25) is 5.02 Å². The first-order chi connectivity index (χ1) is 11.6. The molecule has 3 aromatic rings. The maximum atomic E-state index is 14.3. The Morgan fingerprint density at radius 2 is 1.88 bits per heavy atom. The number of para-hydroxylation sites is 1. The van der Waals surface area contributed by atoms with Crippen molar-refractivity contribution in [3.05, 3.63) is 59.4 Å². The fraction of sp³-hybridized carbons (Fsp3) is 0.118. The van der Waals surface area contributed by atoms with Crippen molar-refractivity contribution in [1.29, 1.82) is 0 Å². The SMILES string of the molecule is CC(=O)CSc1nnc(-c2ccccc2Cl)n1-c1ccccc1F. The Balaban J connectivity index is 2.19. The van der Waals surface area contributed by atoms with Gasteiger partial charge in [0.05, 0.1) is 16.5 Å². The second kappa shape index (κ2) is 7.15. The average molecular weight is 362 g/mol. The first kappa shape index (κ1) is 16.7. The number of hydrogen-bond donors (Lipinski definition) is 0. The zero-order valence-electron chi connectivity index (χ0n) is 12.7. The van der Waals surface area contributed by atoms with E-state index < -0.39 is 5.82 Å². The van der Waals surface area contributed by atoms with Crippen LogP contribution >= 0.6 is 23.4 Å². The van der Waals surface area contributed by atoms with Crippen LogP contribution < -0.4 is 0 Å². The molecule has 0 spiro atoms. The molecule has 3 rings (SSSR count). The van der Waals surface area contributed by atoms with E-state index in [0.717, 1.165) is 0 Å². The number of Topliss-reactive ketones (excluding diaryl/α,β-unsaturated/α-hetero) is 1. The van der Waals surface area contributed by atoms with Crippen LogP contribution in [0.5, 0.6) is 0 Å². The summed E-state index contributed by atoms with van der Waals surface area (Å²) in [4.78, 5) is 11.3. The van der Waals surface area contributed by atoms with Crippen LogP contribution in [0.1, 0.15) is 6.92 Å². The predicted octanol–water partition coefficient (Wildman–Crippen LogP) is 4.41. The van der Waals surface area contributed by atoms with Crippen LogP contribution in [0.25, 0.3) is 17.1 Å². The van der Waals surface area contributed by atoms with E-state index in [0.29, 0.717) is 27.3 Å². The van der Waals surface area contributed by atoms with Crippen molar-refractivity contribution in [2.75, 3.05) is 5.75 Å². The van der Waals surface area contributed by atoms with Crippen molar-refractivity contribution in [3.8, 4) is 17.1 Å². The monoisotopic (exact) mass is 361 g/mol. The number of carbonyl (C=O) groups excluding carboxylic acids is 1. The third-order valence-electron chi connectivity index (χ3n) is 3.25. The fourth-order valence-corrected chi connectivity index (χ4v) is 3.16. The number of carbonyl (C=O) groups is 1. The second-order valence-corrected chi connectivity index (χ2v) is 6.41. The maximum Gasteiger partial charge on any atom is 0.196 e. The summed E-state index contributed by atoms with van der Waals surface area (Å²) >= 11 is 7.47. The minimum absolute atomic E-state index is 0.00220. The average Bonchev–Trinajstić information content (AvgIpc) is 2.97. The van der Waals surface area contributed by atoms with Crippen LogP contribution in [-0.2, 0) is 4.79 Å². The second-order valence-electron chi connectivity index (χ2n) is 5.06. The lowest BCUT2D eigenvalue weighted by Gasteiger charge is -2.11. The van der Waals surface area contributed by atoms with Crippen molar-refractivity contribution < 1.29 is 9.18 Å². The van der Waals surface area contributed by atoms with E-state index in [2.05, 4.69) is 10.2 Å². The first-order valence-electron chi connectivity index (χ1n) is 7.15. The van der Waals surface area contributed by atoms with Gasteiger partial charge in [-0.15, -0.1) is 10.2 Å². The molecule has 24 heavy (non-hydrogen) atoms. The molecule has 0 aliphatic rings. The summed E-state index contributed by atoms with van der Waals surface area (Å²) in [6.45, 7) is 1.49. The number of ketones is 1. The van der Waals surface area contributed by atoms with Gasteiger partial charge >= 0.3 is 0 Å². The van der Waals surface area contributed by atoms with Gasteiger partial charge in [0.25, 0.3) is 0 Å². The van der Waals surface area contributed by atoms with Crippen molar-refractivity contribution in [3.63, 3.8) is 0 Å². The molecule has 2 aromatic carbocycles. The Morgan fingerprint density at radius 3 is 2.58 bits per heavy atom. The highest BCUT2D eigenvalue weighted by atomic mass is 35.5. The lowest BCUT2D eigenvalue weighted by molar-refractivity contribution is -0.114. The molecule has 0 unspecified atom stereocenters. The Kier molecular flexibility index (Phi) is 4.97. The molecule has 0 amide bonds. The van der Waals surface area contributed by atoms with Gasteiger partial charge in [-0.25, -0.2) is 4.39 Å². The van der Waals surface area contributed by atoms with Gasteiger partial charge in [-0.3, -0.25) is 9.36 Å². The standard InChI is InChI=1S/C17H13ClFN3OS/c1-11(23)10-24-17-21-20-16(12-6-2-3-7-13(12)18)22(17)15-9-5-4-8-14(15)19/h2-9H,10H2,1H3. The molecule has 0 atom stereocenters. The quantitative estimate of drug-likeness (QED) is 0.632. The first-order valence-corrected chi connectivity index (χ1v) is 8.51. The molecular weight excluding hydrogens is 349 g/mol. The topological polar surface area (TPSA) is 47.8 Å². The Bertz CT molecular complexity index is 897. The van der Waals surface area contributed by atoms with Crippen LogP contribution in [0.4, 0.5) is 4.39 Å². The van der Waals surface area contributed by atoms with E-state index in [1.807, 2.05) is 6.07 Å². The number of nitrogens with zero attached hydrogens (tertiary/aromatic N) is 3. The minimum atomic E-state index is -0.407. The molecule has 0 fully saturated rings. The summed E-state index contributed by atoms with van der Waals surface area (Å²) in [6.07, 6.45) is 0. The third-order valence-corrected chi connectivity index (χ3v) is 4.65. The van der Waals surface area contributed by atoms with Crippen molar-refractivity contribution in [2.24, 2.45) is 0 Å². The zero-order valence-corrected chi connectivity index (χ0v) is 14.3. The summed E-state index contributed by atoms with van der Waals surface area (Å²) in [5.74, 6) is 0.254. The van der Waals surface area contributed by atoms with E-state index in [9.17, 15) is 9.18 Å². The van der Waals surface area contributed by atoms with Crippen LogP contribution in [-0.4, -0.2) is 26.3 Å². The molecule has 1 heterocycles. The maximum absolute atomic E-state index is 14.3. The van der Waals surface area contributed by atoms with E-state index in [1.165, 1.54) is 24.8 Å². The summed E-state index contributed by atoms with van der Waals surface area (Å²) in [6, 6.07) is 13.5. The predicted molar refractivity (Wildman–Crippen MR) is 93.2 cm³/mol. The lowest BCUT2D eigenvalue weighted by atomic mass is 10.2. The highest BCUT2D eigenvalue weighted by Crippen LogP contribution is 2.32. The molecule has 0 aliphatic carbocycles. The van der Waals surface area contributed by atoms with E-state index >= 15 is 0 Å². The summed E-state index contributed by atoms with van der Waals surface area (Å²) < 4.78 is 15.9. The Hall–Kier alpha value is -2.18. The lowest BCUT2D eigenvalue weighted by Crippen LogP contribution is -2.04. The minimum Gasteiger partial charge on any atom is -0.299 e. The Labute approximate surface area is 147 Å². The molecular formula is C17H13ClFN3OS. The Morgan fingerprint density at radius 1 is 1.17 bits per heavy atom.